The van der Waals surface area contributed by atoms with E-state index in [1.165, 1.54) is 22.3 Å². The molecule has 78 valence electrons. The van der Waals surface area contributed by atoms with E-state index in [-0.39, 0.29) is 0 Å². The van der Waals surface area contributed by atoms with Crippen molar-refractivity contribution in [3.05, 3.63) is 58.7 Å². The van der Waals surface area contributed by atoms with Gasteiger partial charge in [-0.25, -0.2) is 0 Å². The van der Waals surface area contributed by atoms with Gasteiger partial charge in [-0.15, -0.1) is 0 Å². The molecular weight excluding hydrogens is 180 g/mol. The normalized spacial score (nSPS) is 16.6. The molecule has 1 aliphatic rings. The van der Waals surface area contributed by atoms with Crippen molar-refractivity contribution in [2.45, 2.75) is 33.1 Å². The minimum Gasteiger partial charge on any atom is -0.0804 e. The maximum atomic E-state index is 2.33. The fourth-order valence-corrected chi connectivity index (χ4v) is 2.22. The SMILES string of the molecule is Cc1cccc(C(C)C2=CCC=C2)c1C. The van der Waals surface area contributed by atoms with E-state index in [1.807, 2.05) is 0 Å². The fourth-order valence-electron chi connectivity index (χ4n) is 2.22. The standard InChI is InChI=1S/C15H18/c1-11-7-6-10-15(12(11)2)13(3)14-8-4-5-9-14/h4,6-10,13H,5H2,1-3H3. The number of rotatable bonds is 2. The van der Waals surface area contributed by atoms with E-state index in [0.29, 0.717) is 5.92 Å². The first-order valence-corrected chi connectivity index (χ1v) is 5.63. The minimum absolute atomic E-state index is 0.531. The zero-order valence-corrected chi connectivity index (χ0v) is 9.75. The van der Waals surface area contributed by atoms with Gasteiger partial charge in [0, 0.05) is 5.92 Å². The molecule has 1 aliphatic carbocycles. The van der Waals surface area contributed by atoms with Gasteiger partial charge in [0.2, 0.25) is 0 Å². The highest BCUT2D eigenvalue weighted by Crippen LogP contribution is 2.30. The molecule has 0 amide bonds. The summed E-state index contributed by atoms with van der Waals surface area (Å²) >= 11 is 0. The lowest BCUT2D eigenvalue weighted by Gasteiger charge is -2.16. The van der Waals surface area contributed by atoms with Crippen molar-refractivity contribution in [1.82, 2.24) is 0 Å². The van der Waals surface area contributed by atoms with Gasteiger partial charge in [0.05, 0.1) is 0 Å². The summed E-state index contributed by atoms with van der Waals surface area (Å²) in [5, 5.41) is 0. The van der Waals surface area contributed by atoms with Crippen molar-refractivity contribution in [1.29, 1.82) is 0 Å². The topological polar surface area (TPSA) is 0 Å². The van der Waals surface area contributed by atoms with Gasteiger partial charge >= 0.3 is 0 Å². The van der Waals surface area contributed by atoms with E-state index in [2.05, 4.69) is 57.2 Å². The summed E-state index contributed by atoms with van der Waals surface area (Å²) in [5.41, 5.74) is 5.75. The molecule has 1 aromatic carbocycles. The van der Waals surface area contributed by atoms with Gasteiger partial charge in [-0.3, -0.25) is 0 Å². The van der Waals surface area contributed by atoms with Crippen LogP contribution in [0.3, 0.4) is 0 Å². The highest BCUT2D eigenvalue weighted by Gasteiger charge is 2.13. The summed E-state index contributed by atoms with van der Waals surface area (Å²) in [7, 11) is 0. The lowest BCUT2D eigenvalue weighted by Crippen LogP contribution is -1.99. The molecule has 1 unspecified atom stereocenters. The van der Waals surface area contributed by atoms with Crippen LogP contribution in [0.4, 0.5) is 0 Å². The molecule has 0 aliphatic heterocycles. The Bertz CT molecular complexity index is 422. The van der Waals surface area contributed by atoms with Crippen molar-refractivity contribution < 1.29 is 0 Å². The molecule has 0 saturated carbocycles. The Labute approximate surface area is 92.3 Å². The second kappa shape index (κ2) is 4.06. The molecule has 0 bridgehead atoms. The second-order valence-electron chi connectivity index (χ2n) is 4.35. The Hall–Kier alpha value is -1.30. The monoisotopic (exact) mass is 198 g/mol. The highest BCUT2D eigenvalue weighted by atomic mass is 14.2. The Morgan fingerprint density at radius 2 is 2.00 bits per heavy atom. The van der Waals surface area contributed by atoms with Crippen molar-refractivity contribution in [3.63, 3.8) is 0 Å². The lowest BCUT2D eigenvalue weighted by atomic mass is 9.89. The molecule has 0 aromatic heterocycles. The lowest BCUT2D eigenvalue weighted by molar-refractivity contribution is 0.907. The molecule has 2 rings (SSSR count). The highest BCUT2D eigenvalue weighted by molar-refractivity contribution is 5.43. The van der Waals surface area contributed by atoms with Crippen LogP contribution in [0.2, 0.25) is 0 Å². The summed E-state index contributed by atoms with van der Waals surface area (Å²) < 4.78 is 0. The Balaban J connectivity index is 2.37. The number of hydrogen-bond acceptors (Lipinski definition) is 0. The van der Waals surface area contributed by atoms with Crippen LogP contribution >= 0.6 is 0 Å². The third-order valence-corrected chi connectivity index (χ3v) is 3.41. The zero-order valence-electron chi connectivity index (χ0n) is 9.75. The van der Waals surface area contributed by atoms with Gasteiger partial charge in [-0.05, 0) is 42.5 Å². The molecule has 0 N–H and O–H groups in total. The largest absolute Gasteiger partial charge is 0.0804 e. The third kappa shape index (κ3) is 1.90. The van der Waals surface area contributed by atoms with E-state index < -0.39 is 0 Å². The molecule has 0 radical (unpaired) electrons. The first-order valence-electron chi connectivity index (χ1n) is 5.63. The molecule has 0 fully saturated rings. The van der Waals surface area contributed by atoms with E-state index in [1.54, 1.807) is 0 Å². The number of benzene rings is 1. The molecule has 15 heavy (non-hydrogen) atoms. The van der Waals surface area contributed by atoms with Crippen LogP contribution in [-0.4, -0.2) is 0 Å². The predicted octanol–water partition coefficient (Wildman–Crippen LogP) is 4.29. The first kappa shape index (κ1) is 10.2. The van der Waals surface area contributed by atoms with Gasteiger partial charge in [0.1, 0.15) is 0 Å². The smallest absolute Gasteiger partial charge is 0.00605 e. The molecule has 0 saturated heterocycles. The summed E-state index contributed by atoms with van der Waals surface area (Å²) in [4.78, 5) is 0. The molecule has 0 heteroatoms. The van der Waals surface area contributed by atoms with Gasteiger partial charge in [-0.2, -0.15) is 0 Å². The van der Waals surface area contributed by atoms with Gasteiger partial charge in [-0.1, -0.05) is 43.4 Å². The third-order valence-electron chi connectivity index (χ3n) is 3.41. The quantitative estimate of drug-likeness (QED) is 0.665. The van der Waals surface area contributed by atoms with Crippen molar-refractivity contribution >= 4 is 0 Å². The average Bonchev–Trinajstić information content (AvgIpc) is 2.74. The first-order chi connectivity index (χ1) is 7.20. The number of hydrogen-bond donors (Lipinski definition) is 0. The van der Waals surface area contributed by atoms with Gasteiger partial charge < -0.3 is 0 Å². The fraction of sp³-hybridized carbons (Fsp3) is 0.333. The summed E-state index contributed by atoms with van der Waals surface area (Å²) in [6.07, 6.45) is 7.92. The van der Waals surface area contributed by atoms with Crippen LogP contribution in [0.5, 0.6) is 0 Å². The summed E-state index contributed by atoms with van der Waals surface area (Å²) in [6.45, 7) is 6.70. The molecule has 0 spiro atoms. The summed E-state index contributed by atoms with van der Waals surface area (Å²) in [5.74, 6) is 0.531. The number of aryl methyl sites for hydroxylation is 1. The Kier molecular flexibility index (Phi) is 2.77. The Morgan fingerprint density at radius 1 is 1.20 bits per heavy atom. The minimum atomic E-state index is 0.531. The van der Waals surface area contributed by atoms with E-state index in [0.717, 1.165) is 6.42 Å². The van der Waals surface area contributed by atoms with Crippen LogP contribution < -0.4 is 0 Å². The van der Waals surface area contributed by atoms with E-state index in [9.17, 15) is 0 Å². The van der Waals surface area contributed by atoms with Crippen LogP contribution in [-0.2, 0) is 0 Å². The second-order valence-corrected chi connectivity index (χ2v) is 4.35. The molecule has 1 aromatic rings. The van der Waals surface area contributed by atoms with Crippen LogP contribution in [0.15, 0.2) is 42.0 Å². The van der Waals surface area contributed by atoms with E-state index >= 15 is 0 Å². The Morgan fingerprint density at radius 3 is 2.67 bits per heavy atom. The van der Waals surface area contributed by atoms with Crippen LogP contribution in [0, 0.1) is 13.8 Å². The zero-order chi connectivity index (χ0) is 10.8. The van der Waals surface area contributed by atoms with Gasteiger partial charge in [0.25, 0.3) is 0 Å². The van der Waals surface area contributed by atoms with Crippen molar-refractivity contribution in [3.8, 4) is 0 Å². The van der Waals surface area contributed by atoms with E-state index in [4.69, 9.17) is 0 Å². The number of allylic oxidation sites excluding steroid dienone is 4. The maximum Gasteiger partial charge on any atom is 0.00605 e. The average molecular weight is 198 g/mol. The molecule has 0 nitrogen and oxygen atoms in total. The van der Waals surface area contributed by atoms with Crippen molar-refractivity contribution in [2.24, 2.45) is 0 Å². The molecular formula is C15H18. The molecule has 0 heterocycles. The van der Waals surface area contributed by atoms with Gasteiger partial charge in [0.15, 0.2) is 0 Å². The maximum absolute atomic E-state index is 2.33. The summed E-state index contributed by atoms with van der Waals surface area (Å²) in [6, 6.07) is 6.60. The molecule has 1 atom stereocenters. The van der Waals surface area contributed by atoms with Crippen molar-refractivity contribution in [2.75, 3.05) is 0 Å². The van der Waals surface area contributed by atoms with Crippen LogP contribution in [0.25, 0.3) is 0 Å². The van der Waals surface area contributed by atoms with Crippen LogP contribution in [0.1, 0.15) is 36.0 Å². The predicted molar refractivity (Wildman–Crippen MR) is 66.2 cm³/mol.